The van der Waals surface area contributed by atoms with Gasteiger partial charge in [-0.25, -0.2) is 0 Å². The monoisotopic (exact) mass is 271 g/mol. The Bertz CT molecular complexity index is 306. The Morgan fingerprint density at radius 3 is 2.58 bits per heavy atom. The van der Waals surface area contributed by atoms with Crippen molar-refractivity contribution in [2.45, 2.75) is 52.1 Å². The van der Waals surface area contributed by atoms with Gasteiger partial charge < -0.3 is 14.7 Å². The van der Waals surface area contributed by atoms with Crippen molar-refractivity contribution in [2.75, 3.05) is 19.7 Å². The quantitative estimate of drug-likeness (QED) is 0.768. The zero-order valence-electron chi connectivity index (χ0n) is 11.9. The van der Waals surface area contributed by atoms with E-state index in [4.69, 9.17) is 9.84 Å². The first-order valence-electron chi connectivity index (χ1n) is 7.15. The van der Waals surface area contributed by atoms with Gasteiger partial charge in [0.2, 0.25) is 5.91 Å². The van der Waals surface area contributed by atoms with Crippen LogP contribution >= 0.6 is 0 Å². The summed E-state index contributed by atoms with van der Waals surface area (Å²) in [7, 11) is 0. The van der Waals surface area contributed by atoms with Gasteiger partial charge in [-0.05, 0) is 25.2 Å². The van der Waals surface area contributed by atoms with Crippen LogP contribution in [0.4, 0.5) is 0 Å². The van der Waals surface area contributed by atoms with E-state index in [0.717, 1.165) is 25.7 Å². The second-order valence-electron chi connectivity index (χ2n) is 5.32. The lowest BCUT2D eigenvalue weighted by molar-refractivity contribution is -0.148. The van der Waals surface area contributed by atoms with Crippen molar-refractivity contribution in [2.24, 2.45) is 5.92 Å². The summed E-state index contributed by atoms with van der Waals surface area (Å²) in [5.41, 5.74) is 0. The van der Waals surface area contributed by atoms with Crippen molar-refractivity contribution >= 4 is 11.9 Å². The van der Waals surface area contributed by atoms with Gasteiger partial charge in [-0.15, -0.1) is 0 Å². The molecule has 5 nitrogen and oxygen atoms in total. The van der Waals surface area contributed by atoms with Gasteiger partial charge in [0.15, 0.2) is 0 Å². The van der Waals surface area contributed by atoms with E-state index in [2.05, 4.69) is 6.92 Å². The van der Waals surface area contributed by atoms with Crippen LogP contribution in [0.15, 0.2) is 0 Å². The number of hydrogen-bond donors (Lipinski definition) is 1. The Hall–Kier alpha value is -1.10. The highest BCUT2D eigenvalue weighted by atomic mass is 16.5. The molecular formula is C14H25NO4. The zero-order chi connectivity index (χ0) is 14.3. The van der Waals surface area contributed by atoms with E-state index < -0.39 is 5.97 Å². The summed E-state index contributed by atoms with van der Waals surface area (Å²) in [4.78, 5) is 24.0. The highest BCUT2D eigenvalue weighted by Crippen LogP contribution is 2.26. The summed E-state index contributed by atoms with van der Waals surface area (Å²) >= 11 is 0. The van der Waals surface area contributed by atoms with Crippen LogP contribution in [0.5, 0.6) is 0 Å². The molecule has 110 valence electrons. The zero-order valence-corrected chi connectivity index (χ0v) is 11.9. The molecule has 0 aromatic carbocycles. The molecule has 1 N–H and O–H groups in total. The van der Waals surface area contributed by atoms with Crippen LogP contribution in [0.25, 0.3) is 0 Å². The normalized spacial score (nSPS) is 23.1. The first kappa shape index (κ1) is 16.0. The lowest BCUT2D eigenvalue weighted by Gasteiger charge is -2.29. The Kier molecular flexibility index (Phi) is 6.84. The summed E-state index contributed by atoms with van der Waals surface area (Å²) in [6.45, 7) is 4.30. The van der Waals surface area contributed by atoms with E-state index in [0.29, 0.717) is 12.5 Å². The number of hydrogen-bond acceptors (Lipinski definition) is 3. The van der Waals surface area contributed by atoms with Gasteiger partial charge >= 0.3 is 5.97 Å². The molecule has 0 aliphatic heterocycles. The maximum atomic E-state index is 12.0. The van der Waals surface area contributed by atoms with Crippen molar-refractivity contribution in [3.05, 3.63) is 0 Å². The fraction of sp³-hybridized carbons (Fsp3) is 0.857. The van der Waals surface area contributed by atoms with Crippen LogP contribution in [-0.2, 0) is 14.3 Å². The molecule has 1 amide bonds. The number of carbonyl (C=O) groups is 2. The van der Waals surface area contributed by atoms with Crippen molar-refractivity contribution in [1.29, 1.82) is 0 Å². The van der Waals surface area contributed by atoms with Crippen LogP contribution in [0.1, 0.15) is 46.0 Å². The van der Waals surface area contributed by atoms with E-state index in [9.17, 15) is 9.59 Å². The average molecular weight is 271 g/mol. The Balaban J connectivity index is 2.40. The molecule has 0 spiro atoms. The molecule has 19 heavy (non-hydrogen) atoms. The van der Waals surface area contributed by atoms with Gasteiger partial charge in [-0.2, -0.15) is 0 Å². The molecule has 2 atom stereocenters. The molecular weight excluding hydrogens is 246 g/mol. The number of nitrogens with zero attached hydrogens (tertiary/aromatic N) is 1. The van der Waals surface area contributed by atoms with Crippen LogP contribution in [0, 0.1) is 5.92 Å². The first-order chi connectivity index (χ1) is 9.04. The van der Waals surface area contributed by atoms with Crippen molar-refractivity contribution < 1.29 is 19.4 Å². The fourth-order valence-corrected chi connectivity index (χ4v) is 2.52. The van der Waals surface area contributed by atoms with Crippen molar-refractivity contribution in [1.82, 2.24) is 4.90 Å². The topological polar surface area (TPSA) is 66.8 Å². The van der Waals surface area contributed by atoms with Crippen molar-refractivity contribution in [3.63, 3.8) is 0 Å². The molecule has 0 aromatic rings. The Morgan fingerprint density at radius 1 is 1.32 bits per heavy atom. The molecule has 1 rings (SSSR count). The van der Waals surface area contributed by atoms with Crippen LogP contribution in [0.3, 0.4) is 0 Å². The summed E-state index contributed by atoms with van der Waals surface area (Å²) in [5.74, 6) is -0.712. The number of aliphatic carboxylic acids is 1. The van der Waals surface area contributed by atoms with E-state index in [1.807, 2.05) is 6.92 Å². The second kappa shape index (κ2) is 8.15. The molecule has 1 aliphatic carbocycles. The van der Waals surface area contributed by atoms with Gasteiger partial charge in [0.1, 0.15) is 13.2 Å². The van der Waals surface area contributed by atoms with Crippen molar-refractivity contribution in [3.8, 4) is 0 Å². The molecule has 0 saturated heterocycles. The molecule has 5 heteroatoms. The maximum Gasteiger partial charge on any atom is 0.323 e. The van der Waals surface area contributed by atoms with E-state index in [1.165, 1.54) is 11.3 Å². The molecule has 0 bridgehead atoms. The lowest BCUT2D eigenvalue weighted by Crippen LogP contribution is -2.40. The van der Waals surface area contributed by atoms with Crippen LogP contribution in [0.2, 0.25) is 0 Å². The van der Waals surface area contributed by atoms with Crippen LogP contribution in [-0.4, -0.2) is 47.7 Å². The van der Waals surface area contributed by atoms with Gasteiger partial charge in [0, 0.05) is 6.54 Å². The predicted octanol–water partition coefficient (Wildman–Crippen LogP) is 1.90. The van der Waals surface area contributed by atoms with Crippen LogP contribution < -0.4 is 0 Å². The van der Waals surface area contributed by atoms with Gasteiger partial charge in [-0.1, -0.05) is 26.7 Å². The second-order valence-corrected chi connectivity index (χ2v) is 5.32. The SMILES string of the molecule is CCCN(CC(=O)O)C(=O)COC1CCCCC1C. The Morgan fingerprint density at radius 2 is 2.00 bits per heavy atom. The van der Waals surface area contributed by atoms with E-state index >= 15 is 0 Å². The molecule has 0 radical (unpaired) electrons. The van der Waals surface area contributed by atoms with Gasteiger partial charge in [-0.3, -0.25) is 9.59 Å². The van der Waals surface area contributed by atoms with E-state index in [1.54, 1.807) is 0 Å². The lowest BCUT2D eigenvalue weighted by atomic mass is 9.88. The number of ether oxygens (including phenoxy) is 1. The highest BCUT2D eigenvalue weighted by molar-refractivity contribution is 5.82. The van der Waals surface area contributed by atoms with Gasteiger partial charge in [0.05, 0.1) is 6.10 Å². The minimum Gasteiger partial charge on any atom is -0.480 e. The molecule has 0 aromatic heterocycles. The van der Waals surface area contributed by atoms with Gasteiger partial charge in [0.25, 0.3) is 0 Å². The smallest absolute Gasteiger partial charge is 0.323 e. The molecule has 0 heterocycles. The summed E-state index contributed by atoms with van der Waals surface area (Å²) in [6, 6.07) is 0. The molecule has 1 saturated carbocycles. The Labute approximate surface area is 114 Å². The summed E-state index contributed by atoms with van der Waals surface area (Å²) < 4.78 is 5.68. The van der Waals surface area contributed by atoms with E-state index in [-0.39, 0.29) is 25.2 Å². The summed E-state index contributed by atoms with van der Waals surface area (Å²) in [5, 5.41) is 8.78. The minimum atomic E-state index is -0.979. The number of carboxylic acids is 1. The highest BCUT2D eigenvalue weighted by Gasteiger charge is 2.24. The maximum absolute atomic E-state index is 12.0. The minimum absolute atomic E-state index is 0.00227. The number of rotatable bonds is 7. The third kappa shape index (κ3) is 5.59. The predicted molar refractivity (Wildman–Crippen MR) is 71.9 cm³/mol. The number of amides is 1. The number of carboxylic acid groups (broad SMARTS) is 1. The molecule has 1 fully saturated rings. The standard InChI is InChI=1S/C14H25NO4/c1-3-8-15(9-14(17)18)13(16)10-19-12-7-5-4-6-11(12)2/h11-12H,3-10H2,1-2H3,(H,17,18). The summed E-state index contributed by atoms with van der Waals surface area (Å²) in [6.07, 6.45) is 5.42. The number of carbonyl (C=O) groups excluding carboxylic acids is 1. The molecule has 2 unspecified atom stereocenters. The third-order valence-corrected chi connectivity index (χ3v) is 3.63. The fourth-order valence-electron chi connectivity index (χ4n) is 2.52. The molecule has 1 aliphatic rings. The third-order valence-electron chi connectivity index (χ3n) is 3.63. The average Bonchev–Trinajstić information content (AvgIpc) is 2.36. The first-order valence-corrected chi connectivity index (χ1v) is 7.15. The largest absolute Gasteiger partial charge is 0.480 e.